The van der Waals surface area contributed by atoms with Crippen LogP contribution in [0.5, 0.6) is 0 Å². The Morgan fingerprint density at radius 1 is 1.28 bits per heavy atom. The number of piperidine rings is 1. The molecule has 1 aliphatic rings. The monoisotopic (exact) mass is 246 g/mol. The van der Waals surface area contributed by atoms with Gasteiger partial charge in [-0.1, -0.05) is 43.7 Å². The Hall–Kier alpha value is -0.860. The average Bonchev–Trinajstić information content (AvgIpc) is 2.45. The molecule has 0 spiro atoms. The molecule has 2 nitrogen and oxygen atoms in total. The number of hydrogen-bond acceptors (Lipinski definition) is 2. The molecule has 18 heavy (non-hydrogen) atoms. The molecule has 100 valence electrons. The van der Waals surface area contributed by atoms with E-state index in [9.17, 15) is 0 Å². The van der Waals surface area contributed by atoms with Crippen molar-refractivity contribution in [1.82, 2.24) is 10.6 Å². The lowest BCUT2D eigenvalue weighted by molar-refractivity contribution is 0.381. The molecule has 1 aromatic carbocycles. The summed E-state index contributed by atoms with van der Waals surface area (Å²) in [5.41, 5.74) is 1.45. The molecule has 2 unspecified atom stereocenters. The highest BCUT2D eigenvalue weighted by Gasteiger charge is 2.11. The predicted octanol–water partition coefficient (Wildman–Crippen LogP) is 2.91. The van der Waals surface area contributed by atoms with Crippen LogP contribution in [0, 0.1) is 0 Å². The molecule has 0 bridgehead atoms. The molecule has 2 heteroatoms. The lowest BCUT2D eigenvalue weighted by atomic mass is 9.98. The fourth-order valence-corrected chi connectivity index (χ4v) is 2.64. The summed E-state index contributed by atoms with van der Waals surface area (Å²) < 4.78 is 0. The van der Waals surface area contributed by atoms with Crippen molar-refractivity contribution < 1.29 is 0 Å². The van der Waals surface area contributed by atoms with Gasteiger partial charge in [0.1, 0.15) is 0 Å². The highest BCUT2D eigenvalue weighted by atomic mass is 15.0. The van der Waals surface area contributed by atoms with Crippen molar-refractivity contribution in [2.24, 2.45) is 0 Å². The highest BCUT2D eigenvalue weighted by Crippen LogP contribution is 2.17. The van der Waals surface area contributed by atoms with Gasteiger partial charge >= 0.3 is 0 Å². The lowest BCUT2D eigenvalue weighted by Crippen LogP contribution is -2.42. The second-order valence-electron chi connectivity index (χ2n) is 5.45. The zero-order chi connectivity index (χ0) is 12.6. The first-order valence-corrected chi connectivity index (χ1v) is 7.35. The molecule has 0 radical (unpaired) electrons. The van der Waals surface area contributed by atoms with Gasteiger partial charge in [0.15, 0.2) is 0 Å². The van der Waals surface area contributed by atoms with Crippen LogP contribution in [0.15, 0.2) is 30.3 Å². The van der Waals surface area contributed by atoms with Gasteiger partial charge < -0.3 is 10.6 Å². The van der Waals surface area contributed by atoms with E-state index < -0.39 is 0 Å². The summed E-state index contributed by atoms with van der Waals surface area (Å²) in [6.45, 7) is 5.76. The molecule has 2 N–H and O–H groups in total. The molecular weight excluding hydrogens is 220 g/mol. The quantitative estimate of drug-likeness (QED) is 0.754. The van der Waals surface area contributed by atoms with Gasteiger partial charge in [-0.15, -0.1) is 0 Å². The van der Waals surface area contributed by atoms with E-state index >= 15 is 0 Å². The van der Waals surface area contributed by atoms with Gasteiger partial charge in [-0.25, -0.2) is 0 Å². The van der Waals surface area contributed by atoms with Crippen molar-refractivity contribution in [2.45, 2.75) is 44.6 Å². The molecular formula is C16H26N2. The normalized spacial score (nSPS) is 21.7. The van der Waals surface area contributed by atoms with Crippen molar-refractivity contribution in [3.05, 3.63) is 35.9 Å². The van der Waals surface area contributed by atoms with Gasteiger partial charge in [0.2, 0.25) is 0 Å². The second-order valence-corrected chi connectivity index (χ2v) is 5.45. The van der Waals surface area contributed by atoms with Crippen molar-refractivity contribution in [3.8, 4) is 0 Å². The molecule has 0 saturated carbocycles. The van der Waals surface area contributed by atoms with E-state index in [1.807, 2.05) is 0 Å². The van der Waals surface area contributed by atoms with Crippen molar-refractivity contribution in [3.63, 3.8) is 0 Å². The number of benzene rings is 1. The van der Waals surface area contributed by atoms with Crippen LogP contribution in [-0.4, -0.2) is 25.7 Å². The summed E-state index contributed by atoms with van der Waals surface area (Å²) in [6, 6.07) is 11.5. The van der Waals surface area contributed by atoms with Gasteiger partial charge in [0, 0.05) is 12.6 Å². The smallest absolute Gasteiger partial charge is 0.0192 e. The Balaban J connectivity index is 1.60. The van der Waals surface area contributed by atoms with Crippen LogP contribution >= 0.6 is 0 Å². The highest BCUT2D eigenvalue weighted by molar-refractivity contribution is 5.18. The molecule has 1 heterocycles. The first-order valence-electron chi connectivity index (χ1n) is 7.35. The van der Waals surface area contributed by atoms with Gasteiger partial charge in [-0.2, -0.15) is 0 Å². The Labute approximate surface area is 111 Å². The minimum absolute atomic E-state index is 0.651. The molecule has 1 aliphatic heterocycles. The fraction of sp³-hybridized carbons (Fsp3) is 0.625. The van der Waals surface area contributed by atoms with E-state index in [0.717, 1.165) is 13.1 Å². The van der Waals surface area contributed by atoms with Crippen LogP contribution < -0.4 is 10.6 Å². The standard InChI is InChI=1S/C16H26N2/c1-14(15-7-3-2-4-8-15)10-12-17-13-16-9-5-6-11-18-16/h2-4,7-8,14,16-18H,5-6,9-13H2,1H3. The summed E-state index contributed by atoms with van der Waals surface area (Å²) in [7, 11) is 0. The SMILES string of the molecule is CC(CCNCC1CCCCN1)c1ccccc1. The van der Waals surface area contributed by atoms with E-state index in [0.29, 0.717) is 12.0 Å². The molecule has 2 rings (SSSR count). The van der Waals surface area contributed by atoms with E-state index in [2.05, 4.69) is 47.9 Å². The van der Waals surface area contributed by atoms with Crippen LogP contribution in [0.4, 0.5) is 0 Å². The summed E-state index contributed by atoms with van der Waals surface area (Å²) in [6.07, 6.45) is 5.29. The molecule has 1 aromatic rings. The summed E-state index contributed by atoms with van der Waals surface area (Å²) in [5, 5.41) is 7.17. The summed E-state index contributed by atoms with van der Waals surface area (Å²) in [4.78, 5) is 0. The van der Waals surface area contributed by atoms with Gasteiger partial charge in [-0.05, 0) is 43.8 Å². The fourth-order valence-electron chi connectivity index (χ4n) is 2.64. The molecule has 0 amide bonds. The predicted molar refractivity (Wildman–Crippen MR) is 78.0 cm³/mol. The van der Waals surface area contributed by atoms with Gasteiger partial charge in [0.05, 0.1) is 0 Å². The van der Waals surface area contributed by atoms with E-state index in [1.165, 1.54) is 37.8 Å². The number of hydrogen-bond donors (Lipinski definition) is 2. The van der Waals surface area contributed by atoms with Crippen molar-refractivity contribution in [1.29, 1.82) is 0 Å². The zero-order valence-electron chi connectivity index (χ0n) is 11.5. The lowest BCUT2D eigenvalue weighted by Gasteiger charge is -2.24. The molecule has 1 fully saturated rings. The Kier molecular flexibility index (Phi) is 5.69. The maximum absolute atomic E-state index is 3.59. The molecule has 1 saturated heterocycles. The van der Waals surface area contributed by atoms with Crippen molar-refractivity contribution >= 4 is 0 Å². The molecule has 0 aromatic heterocycles. The summed E-state index contributed by atoms with van der Waals surface area (Å²) in [5.74, 6) is 0.651. The van der Waals surface area contributed by atoms with Crippen LogP contribution in [0.2, 0.25) is 0 Å². The van der Waals surface area contributed by atoms with Crippen LogP contribution in [-0.2, 0) is 0 Å². The van der Waals surface area contributed by atoms with Crippen LogP contribution in [0.1, 0.15) is 44.1 Å². The van der Waals surface area contributed by atoms with Crippen molar-refractivity contribution in [2.75, 3.05) is 19.6 Å². The van der Waals surface area contributed by atoms with E-state index in [1.54, 1.807) is 0 Å². The Bertz CT molecular complexity index is 317. The maximum Gasteiger partial charge on any atom is 0.0192 e. The third-order valence-electron chi connectivity index (χ3n) is 3.93. The third kappa shape index (κ3) is 4.43. The number of rotatable bonds is 6. The Morgan fingerprint density at radius 2 is 2.11 bits per heavy atom. The molecule has 2 atom stereocenters. The minimum Gasteiger partial charge on any atom is -0.315 e. The number of nitrogens with one attached hydrogen (secondary N) is 2. The third-order valence-corrected chi connectivity index (χ3v) is 3.93. The topological polar surface area (TPSA) is 24.1 Å². The second kappa shape index (κ2) is 7.55. The van der Waals surface area contributed by atoms with Gasteiger partial charge in [0.25, 0.3) is 0 Å². The van der Waals surface area contributed by atoms with E-state index in [-0.39, 0.29) is 0 Å². The first kappa shape index (κ1) is 13.6. The molecule has 0 aliphatic carbocycles. The van der Waals surface area contributed by atoms with Gasteiger partial charge in [-0.3, -0.25) is 0 Å². The van der Waals surface area contributed by atoms with Crippen LogP contribution in [0.3, 0.4) is 0 Å². The van der Waals surface area contributed by atoms with E-state index in [4.69, 9.17) is 0 Å². The zero-order valence-corrected chi connectivity index (χ0v) is 11.5. The average molecular weight is 246 g/mol. The Morgan fingerprint density at radius 3 is 2.83 bits per heavy atom. The summed E-state index contributed by atoms with van der Waals surface area (Å²) >= 11 is 0. The minimum atomic E-state index is 0.651. The van der Waals surface area contributed by atoms with Crippen LogP contribution in [0.25, 0.3) is 0 Å². The largest absolute Gasteiger partial charge is 0.315 e. The maximum atomic E-state index is 3.59. The first-order chi connectivity index (χ1) is 8.86.